The zero-order valence-corrected chi connectivity index (χ0v) is 18.3. The highest BCUT2D eigenvalue weighted by molar-refractivity contribution is 6.39. The first kappa shape index (κ1) is 23.2. The molecule has 0 saturated carbocycles. The number of aryl methyl sites for hydroxylation is 1. The molecule has 0 saturated heterocycles. The molecule has 3 aromatic rings. The second-order valence-electron chi connectivity index (χ2n) is 7.14. The van der Waals surface area contributed by atoms with Crippen molar-refractivity contribution in [2.24, 2.45) is 5.10 Å². The van der Waals surface area contributed by atoms with Crippen molar-refractivity contribution in [3.8, 4) is 5.75 Å². The highest BCUT2D eigenvalue weighted by atomic mass is 16.5. The summed E-state index contributed by atoms with van der Waals surface area (Å²) in [4.78, 5) is 36.3. The number of benzene rings is 3. The molecule has 3 N–H and O–H groups in total. The number of amides is 3. The summed E-state index contributed by atoms with van der Waals surface area (Å²) in [6.07, 6.45) is 1.34. The van der Waals surface area contributed by atoms with Crippen molar-refractivity contribution in [1.29, 1.82) is 0 Å². The van der Waals surface area contributed by atoms with Gasteiger partial charge >= 0.3 is 11.8 Å². The van der Waals surface area contributed by atoms with Crippen LogP contribution in [0.2, 0.25) is 0 Å². The molecule has 0 aliphatic carbocycles. The third-order valence-corrected chi connectivity index (χ3v) is 4.76. The van der Waals surface area contributed by atoms with Crippen LogP contribution in [0, 0.1) is 13.8 Å². The Morgan fingerprint density at radius 1 is 0.848 bits per heavy atom. The average molecular weight is 444 g/mol. The largest absolute Gasteiger partial charge is 0.483 e. The van der Waals surface area contributed by atoms with Gasteiger partial charge in [0.1, 0.15) is 5.75 Å². The van der Waals surface area contributed by atoms with Crippen LogP contribution >= 0.6 is 0 Å². The summed E-state index contributed by atoms with van der Waals surface area (Å²) in [6, 6.07) is 21.4. The van der Waals surface area contributed by atoms with Crippen molar-refractivity contribution in [3.05, 3.63) is 89.5 Å². The molecule has 3 aromatic carbocycles. The van der Waals surface area contributed by atoms with Crippen LogP contribution in [0.4, 0.5) is 11.4 Å². The Morgan fingerprint density at radius 2 is 1.58 bits per heavy atom. The van der Waals surface area contributed by atoms with E-state index in [1.54, 1.807) is 48.5 Å². The second-order valence-corrected chi connectivity index (χ2v) is 7.14. The van der Waals surface area contributed by atoms with Gasteiger partial charge in [0, 0.05) is 16.9 Å². The Hall–Kier alpha value is -4.46. The molecule has 0 spiro atoms. The zero-order chi connectivity index (χ0) is 23.6. The van der Waals surface area contributed by atoms with Crippen LogP contribution in [0.5, 0.6) is 5.75 Å². The molecule has 0 heterocycles. The van der Waals surface area contributed by atoms with Crippen LogP contribution in [-0.2, 0) is 14.4 Å². The molecule has 0 atom stereocenters. The van der Waals surface area contributed by atoms with E-state index in [0.29, 0.717) is 22.7 Å². The van der Waals surface area contributed by atoms with E-state index >= 15 is 0 Å². The number of ether oxygens (including phenoxy) is 1. The van der Waals surface area contributed by atoms with Gasteiger partial charge < -0.3 is 15.4 Å². The van der Waals surface area contributed by atoms with Gasteiger partial charge in [0.15, 0.2) is 6.61 Å². The lowest BCUT2D eigenvalue weighted by molar-refractivity contribution is -0.136. The van der Waals surface area contributed by atoms with Gasteiger partial charge in [0.25, 0.3) is 5.91 Å². The minimum absolute atomic E-state index is 0.204. The lowest BCUT2D eigenvalue weighted by atomic mass is 10.1. The Labute approximate surface area is 191 Å². The monoisotopic (exact) mass is 444 g/mol. The van der Waals surface area contributed by atoms with Gasteiger partial charge in [-0.05, 0) is 55.3 Å². The van der Waals surface area contributed by atoms with Gasteiger partial charge in [-0.2, -0.15) is 5.10 Å². The fourth-order valence-electron chi connectivity index (χ4n) is 2.86. The van der Waals surface area contributed by atoms with E-state index in [-0.39, 0.29) is 12.5 Å². The normalized spacial score (nSPS) is 10.5. The molecule has 3 rings (SSSR count). The second kappa shape index (κ2) is 11.2. The van der Waals surface area contributed by atoms with Crippen molar-refractivity contribution in [2.45, 2.75) is 13.8 Å². The SMILES string of the molecule is Cc1cccc(NC(=O)C(=O)N/N=C\c2ccccc2OCC(=O)Nc2ccccc2)c1C. The van der Waals surface area contributed by atoms with Crippen LogP contribution in [0.25, 0.3) is 0 Å². The number of nitrogens with zero attached hydrogens (tertiary/aromatic N) is 1. The van der Waals surface area contributed by atoms with Crippen molar-refractivity contribution in [1.82, 2.24) is 5.43 Å². The third-order valence-electron chi connectivity index (χ3n) is 4.76. The summed E-state index contributed by atoms with van der Waals surface area (Å²) < 4.78 is 5.58. The molecule has 0 aliphatic rings. The van der Waals surface area contributed by atoms with Crippen LogP contribution in [0.15, 0.2) is 77.9 Å². The van der Waals surface area contributed by atoms with E-state index in [9.17, 15) is 14.4 Å². The Bertz CT molecular complexity index is 1180. The molecule has 0 bridgehead atoms. The first-order valence-corrected chi connectivity index (χ1v) is 10.2. The highest BCUT2D eigenvalue weighted by Gasteiger charge is 2.14. The third kappa shape index (κ3) is 6.76. The van der Waals surface area contributed by atoms with E-state index in [1.165, 1.54) is 6.21 Å². The maximum atomic E-state index is 12.1. The smallest absolute Gasteiger partial charge is 0.329 e. The number of hydrogen-bond acceptors (Lipinski definition) is 5. The molecule has 0 aromatic heterocycles. The molecule has 0 fully saturated rings. The summed E-state index contributed by atoms with van der Waals surface area (Å²) in [7, 11) is 0. The van der Waals surface area contributed by atoms with Crippen molar-refractivity contribution in [3.63, 3.8) is 0 Å². The number of rotatable bonds is 7. The fraction of sp³-hybridized carbons (Fsp3) is 0.120. The summed E-state index contributed by atoms with van der Waals surface area (Å²) in [6.45, 7) is 3.57. The highest BCUT2D eigenvalue weighted by Crippen LogP contribution is 2.18. The number of anilines is 2. The molecule has 168 valence electrons. The molecule has 3 amide bonds. The van der Waals surface area contributed by atoms with E-state index in [2.05, 4.69) is 21.2 Å². The lowest BCUT2D eigenvalue weighted by Crippen LogP contribution is -2.32. The van der Waals surface area contributed by atoms with Crippen molar-refractivity contribution < 1.29 is 19.1 Å². The topological polar surface area (TPSA) is 109 Å². The first-order valence-electron chi connectivity index (χ1n) is 10.2. The summed E-state index contributed by atoms with van der Waals surface area (Å²) >= 11 is 0. The van der Waals surface area contributed by atoms with Crippen LogP contribution in [-0.4, -0.2) is 30.5 Å². The summed E-state index contributed by atoms with van der Waals surface area (Å²) in [5.74, 6) is -1.65. The van der Waals surface area contributed by atoms with Gasteiger partial charge in [-0.1, -0.05) is 42.5 Å². The van der Waals surface area contributed by atoms with Gasteiger partial charge in [-0.25, -0.2) is 5.43 Å². The zero-order valence-electron chi connectivity index (χ0n) is 18.3. The number of hydrogen-bond donors (Lipinski definition) is 3. The summed E-state index contributed by atoms with van der Waals surface area (Å²) in [5.41, 5.74) is 5.83. The minimum Gasteiger partial charge on any atom is -0.483 e. The molecule has 8 heteroatoms. The number of carbonyl (C=O) groups is 3. The van der Waals surface area contributed by atoms with Gasteiger partial charge in [-0.15, -0.1) is 0 Å². The van der Waals surface area contributed by atoms with E-state index < -0.39 is 11.8 Å². The van der Waals surface area contributed by atoms with E-state index in [4.69, 9.17) is 4.74 Å². The van der Waals surface area contributed by atoms with Gasteiger partial charge in [0.05, 0.1) is 6.21 Å². The molecule has 8 nitrogen and oxygen atoms in total. The predicted molar refractivity (Wildman–Crippen MR) is 127 cm³/mol. The maximum absolute atomic E-state index is 12.1. The number of carbonyl (C=O) groups excluding carboxylic acids is 3. The van der Waals surface area contributed by atoms with Crippen LogP contribution in [0.3, 0.4) is 0 Å². The van der Waals surface area contributed by atoms with Gasteiger partial charge in [-0.3, -0.25) is 14.4 Å². The Morgan fingerprint density at radius 3 is 2.36 bits per heavy atom. The predicted octanol–water partition coefficient (Wildman–Crippen LogP) is 3.41. The number of hydrazone groups is 1. The van der Waals surface area contributed by atoms with E-state index in [0.717, 1.165) is 11.1 Å². The van der Waals surface area contributed by atoms with Crippen LogP contribution < -0.4 is 20.8 Å². The first-order chi connectivity index (χ1) is 15.9. The molecule has 0 radical (unpaired) electrons. The van der Waals surface area contributed by atoms with Crippen molar-refractivity contribution >= 4 is 35.3 Å². The number of nitrogens with one attached hydrogen (secondary N) is 3. The number of para-hydroxylation sites is 2. The fourth-order valence-corrected chi connectivity index (χ4v) is 2.86. The standard InChI is InChI=1S/C25H24N4O4/c1-17-9-8-13-21(18(17)2)28-24(31)25(32)29-26-15-19-10-6-7-14-22(19)33-16-23(30)27-20-11-4-3-5-12-20/h3-15H,16H2,1-2H3,(H,27,30)(H,28,31)(H,29,32)/b26-15-. The molecule has 0 unspecified atom stereocenters. The lowest BCUT2D eigenvalue weighted by Gasteiger charge is -2.10. The van der Waals surface area contributed by atoms with Gasteiger partial charge in [0.2, 0.25) is 0 Å². The molecular formula is C25H24N4O4. The van der Waals surface area contributed by atoms with E-state index in [1.807, 2.05) is 38.1 Å². The Balaban J connectivity index is 1.54. The Kier molecular flexibility index (Phi) is 7.91. The summed E-state index contributed by atoms with van der Waals surface area (Å²) in [5, 5.41) is 9.13. The van der Waals surface area contributed by atoms with Crippen molar-refractivity contribution in [2.75, 3.05) is 17.2 Å². The maximum Gasteiger partial charge on any atom is 0.329 e. The quantitative estimate of drug-likeness (QED) is 0.295. The molecule has 33 heavy (non-hydrogen) atoms. The average Bonchev–Trinajstić information content (AvgIpc) is 2.82. The minimum atomic E-state index is -0.909. The molecular weight excluding hydrogens is 420 g/mol. The van der Waals surface area contributed by atoms with Crippen LogP contribution in [0.1, 0.15) is 16.7 Å². The molecule has 0 aliphatic heterocycles.